The molecule has 0 amide bonds. The number of benzene rings is 1. The van der Waals surface area contributed by atoms with Crippen molar-refractivity contribution in [2.75, 3.05) is 13.2 Å². The van der Waals surface area contributed by atoms with E-state index in [4.69, 9.17) is 16.3 Å². The Kier molecular flexibility index (Phi) is 6.12. The average Bonchev–Trinajstić information content (AvgIpc) is 2.39. The summed E-state index contributed by atoms with van der Waals surface area (Å²) in [6.45, 7) is 4.60. The summed E-state index contributed by atoms with van der Waals surface area (Å²) in [6, 6.07) is 7.13. The van der Waals surface area contributed by atoms with Gasteiger partial charge in [0.25, 0.3) is 0 Å². The average molecular weight is 286 g/mol. The van der Waals surface area contributed by atoms with Gasteiger partial charge in [-0.25, -0.2) is 0 Å². The van der Waals surface area contributed by atoms with Crippen molar-refractivity contribution >= 4 is 17.6 Å². The molecular weight excluding hydrogens is 266 g/mol. The van der Waals surface area contributed by atoms with Crippen LogP contribution in [0.5, 0.6) is 5.75 Å². The Morgan fingerprint density at radius 2 is 2.11 bits per heavy atom. The van der Waals surface area contributed by atoms with Crippen molar-refractivity contribution in [2.45, 2.75) is 32.2 Å². The van der Waals surface area contributed by atoms with Gasteiger partial charge in [0.05, 0.1) is 0 Å². The number of halogens is 1. The van der Waals surface area contributed by atoms with Crippen LogP contribution in [-0.4, -0.2) is 29.8 Å². The quantitative estimate of drug-likeness (QED) is 0.721. The molecular formula is C14H20ClNO3. The monoisotopic (exact) mass is 285 g/mol. The molecule has 0 bridgehead atoms. The van der Waals surface area contributed by atoms with Crippen molar-refractivity contribution in [1.82, 2.24) is 5.32 Å². The molecule has 1 aromatic rings. The van der Waals surface area contributed by atoms with Crippen LogP contribution in [0.3, 0.4) is 0 Å². The highest BCUT2D eigenvalue weighted by Gasteiger charge is 2.33. The maximum atomic E-state index is 11.3. The highest BCUT2D eigenvalue weighted by molar-refractivity contribution is 6.30. The van der Waals surface area contributed by atoms with Gasteiger partial charge in [-0.05, 0) is 31.0 Å². The molecule has 2 N–H and O–H groups in total. The van der Waals surface area contributed by atoms with Gasteiger partial charge in [0, 0.05) is 11.6 Å². The lowest BCUT2D eigenvalue weighted by Gasteiger charge is -2.28. The van der Waals surface area contributed by atoms with E-state index < -0.39 is 11.5 Å². The summed E-state index contributed by atoms with van der Waals surface area (Å²) in [4.78, 5) is 11.3. The lowest BCUT2D eigenvalue weighted by Crippen LogP contribution is -2.52. The smallest absolute Gasteiger partial charge is 0.323 e. The molecule has 0 aromatic heterocycles. The van der Waals surface area contributed by atoms with Crippen LogP contribution in [0.1, 0.15) is 26.7 Å². The van der Waals surface area contributed by atoms with E-state index in [1.165, 1.54) is 0 Å². The minimum Gasteiger partial charge on any atom is -0.492 e. The maximum absolute atomic E-state index is 11.3. The summed E-state index contributed by atoms with van der Waals surface area (Å²) in [7, 11) is 0. The fourth-order valence-electron chi connectivity index (χ4n) is 1.89. The molecule has 0 heterocycles. The molecule has 106 valence electrons. The second-order valence-electron chi connectivity index (χ2n) is 4.33. The van der Waals surface area contributed by atoms with Crippen molar-refractivity contribution in [3.05, 3.63) is 29.3 Å². The van der Waals surface area contributed by atoms with E-state index in [9.17, 15) is 9.90 Å². The molecule has 0 saturated heterocycles. The van der Waals surface area contributed by atoms with Crippen LogP contribution in [0, 0.1) is 0 Å². The molecule has 0 saturated carbocycles. The predicted molar refractivity (Wildman–Crippen MR) is 75.9 cm³/mol. The fourth-order valence-corrected chi connectivity index (χ4v) is 2.07. The van der Waals surface area contributed by atoms with Gasteiger partial charge in [0.15, 0.2) is 0 Å². The molecule has 0 fully saturated rings. The lowest BCUT2D eigenvalue weighted by molar-refractivity contribution is -0.145. The first-order valence-electron chi connectivity index (χ1n) is 6.41. The Morgan fingerprint density at radius 3 is 2.63 bits per heavy atom. The van der Waals surface area contributed by atoms with Gasteiger partial charge in [0.2, 0.25) is 0 Å². The molecule has 0 radical (unpaired) electrons. The number of hydrogen-bond acceptors (Lipinski definition) is 3. The molecule has 19 heavy (non-hydrogen) atoms. The lowest BCUT2D eigenvalue weighted by atomic mass is 9.93. The maximum Gasteiger partial charge on any atom is 0.323 e. The van der Waals surface area contributed by atoms with Gasteiger partial charge < -0.3 is 9.84 Å². The van der Waals surface area contributed by atoms with Gasteiger partial charge in [-0.15, -0.1) is 0 Å². The highest BCUT2D eigenvalue weighted by Crippen LogP contribution is 2.17. The summed E-state index contributed by atoms with van der Waals surface area (Å²) in [5.41, 5.74) is -0.863. The van der Waals surface area contributed by atoms with Crippen molar-refractivity contribution in [3.8, 4) is 5.75 Å². The van der Waals surface area contributed by atoms with Crippen LogP contribution in [0.15, 0.2) is 24.3 Å². The summed E-state index contributed by atoms with van der Waals surface area (Å²) in [6.07, 6.45) is 1.08. The molecule has 0 aliphatic rings. The van der Waals surface area contributed by atoms with Crippen molar-refractivity contribution in [1.29, 1.82) is 0 Å². The first-order valence-corrected chi connectivity index (χ1v) is 6.78. The first-order chi connectivity index (χ1) is 9.04. The first kappa shape index (κ1) is 15.8. The zero-order chi connectivity index (χ0) is 14.3. The Bertz CT molecular complexity index is 419. The van der Waals surface area contributed by atoms with Gasteiger partial charge in [0.1, 0.15) is 17.9 Å². The number of carboxylic acids is 1. The van der Waals surface area contributed by atoms with Crippen molar-refractivity contribution in [2.24, 2.45) is 0 Å². The third-order valence-electron chi connectivity index (χ3n) is 3.25. The zero-order valence-corrected chi connectivity index (χ0v) is 12.0. The number of rotatable bonds is 8. The Hall–Kier alpha value is -1.26. The Balaban J connectivity index is 2.43. The molecule has 0 aliphatic heterocycles. The van der Waals surface area contributed by atoms with E-state index in [0.717, 1.165) is 0 Å². The third-order valence-corrected chi connectivity index (χ3v) is 3.48. The molecule has 4 nitrogen and oxygen atoms in total. The molecule has 0 atom stereocenters. The molecule has 1 rings (SSSR count). The van der Waals surface area contributed by atoms with Crippen molar-refractivity contribution < 1.29 is 14.6 Å². The third kappa shape index (κ3) is 4.40. The summed E-state index contributed by atoms with van der Waals surface area (Å²) in [5, 5.41) is 12.9. The van der Waals surface area contributed by atoms with Crippen LogP contribution in [-0.2, 0) is 4.79 Å². The van der Waals surface area contributed by atoms with E-state index in [2.05, 4.69) is 5.32 Å². The molecule has 5 heteroatoms. The predicted octanol–water partition coefficient (Wildman–Crippen LogP) is 2.95. The Morgan fingerprint density at radius 1 is 1.42 bits per heavy atom. The number of nitrogens with one attached hydrogen (secondary N) is 1. The topological polar surface area (TPSA) is 58.6 Å². The fraction of sp³-hybridized carbons (Fsp3) is 0.500. The van der Waals surface area contributed by atoms with Crippen molar-refractivity contribution in [3.63, 3.8) is 0 Å². The highest BCUT2D eigenvalue weighted by atomic mass is 35.5. The number of aliphatic carboxylic acids is 1. The van der Waals surface area contributed by atoms with Gasteiger partial charge >= 0.3 is 5.97 Å². The molecule has 0 aliphatic carbocycles. The normalized spacial score (nSPS) is 11.3. The van der Waals surface area contributed by atoms with Crippen LogP contribution in [0.2, 0.25) is 5.02 Å². The minimum atomic E-state index is -0.863. The largest absolute Gasteiger partial charge is 0.492 e. The van der Waals surface area contributed by atoms with E-state index in [1.54, 1.807) is 12.1 Å². The van der Waals surface area contributed by atoms with Gasteiger partial charge in [-0.1, -0.05) is 31.5 Å². The summed E-state index contributed by atoms with van der Waals surface area (Å²) in [5.74, 6) is -0.136. The minimum absolute atomic E-state index is 0.398. The van der Waals surface area contributed by atoms with E-state index in [1.807, 2.05) is 26.0 Å². The van der Waals surface area contributed by atoms with Crippen LogP contribution in [0.25, 0.3) is 0 Å². The second kappa shape index (κ2) is 7.36. The SMILES string of the molecule is CCC(CC)(NCCOc1cccc(Cl)c1)C(=O)O. The second-order valence-corrected chi connectivity index (χ2v) is 4.76. The number of carbonyl (C=O) groups is 1. The van der Waals surface area contributed by atoms with Crippen LogP contribution < -0.4 is 10.1 Å². The van der Waals surface area contributed by atoms with Gasteiger partial charge in [-0.3, -0.25) is 10.1 Å². The zero-order valence-electron chi connectivity index (χ0n) is 11.3. The Labute approximate surface area is 118 Å². The standard InChI is InChI=1S/C14H20ClNO3/c1-3-14(4-2,13(17)18)16-8-9-19-12-7-5-6-11(15)10-12/h5-7,10,16H,3-4,8-9H2,1-2H3,(H,17,18). The van der Waals surface area contributed by atoms with Crippen LogP contribution >= 0.6 is 11.6 Å². The summed E-state index contributed by atoms with van der Waals surface area (Å²) >= 11 is 5.84. The molecule has 1 aromatic carbocycles. The number of carboxylic acid groups (broad SMARTS) is 1. The van der Waals surface area contributed by atoms with E-state index in [0.29, 0.717) is 36.8 Å². The number of ether oxygens (including phenoxy) is 1. The van der Waals surface area contributed by atoms with Gasteiger partial charge in [-0.2, -0.15) is 0 Å². The van der Waals surface area contributed by atoms with Crippen LogP contribution in [0.4, 0.5) is 0 Å². The molecule has 0 spiro atoms. The van der Waals surface area contributed by atoms with E-state index >= 15 is 0 Å². The molecule has 0 unspecified atom stereocenters. The summed E-state index contributed by atoms with van der Waals surface area (Å²) < 4.78 is 5.51. The van der Waals surface area contributed by atoms with E-state index in [-0.39, 0.29) is 0 Å². The number of hydrogen-bond donors (Lipinski definition) is 2.